The number of rotatable bonds is 1. The van der Waals surface area contributed by atoms with Crippen LogP contribution in [0.15, 0.2) is 12.5 Å². The van der Waals surface area contributed by atoms with E-state index in [4.69, 9.17) is 11.6 Å². The Bertz CT molecular complexity index is 480. The molecule has 0 fully saturated rings. The summed E-state index contributed by atoms with van der Waals surface area (Å²) in [6.07, 6.45) is 2.48. The van der Waals surface area contributed by atoms with Gasteiger partial charge >= 0.3 is 0 Å². The van der Waals surface area contributed by atoms with Crippen LogP contribution in [0.4, 0.5) is 5.69 Å². The van der Waals surface area contributed by atoms with Gasteiger partial charge in [0.25, 0.3) is 5.69 Å². The van der Waals surface area contributed by atoms with Crippen LogP contribution in [0.25, 0.3) is 11.0 Å². The topological polar surface area (TPSA) is 84.7 Å². The van der Waals surface area contributed by atoms with Gasteiger partial charge in [-0.2, -0.15) is 0 Å². The van der Waals surface area contributed by atoms with Crippen molar-refractivity contribution in [3.05, 3.63) is 27.8 Å². The Balaban J connectivity index is 2.86. The lowest BCUT2D eigenvalue weighted by molar-refractivity contribution is -0.383. The molecule has 2 aromatic rings. The van der Waals surface area contributed by atoms with E-state index in [2.05, 4.69) is 15.0 Å². The third kappa shape index (κ3) is 1.11. The van der Waals surface area contributed by atoms with Gasteiger partial charge in [-0.3, -0.25) is 10.1 Å². The predicted octanol–water partition coefficient (Wildman–Crippen LogP) is 1.52. The molecule has 6 nitrogen and oxygen atoms in total. The number of nitrogens with one attached hydrogen (secondary N) is 1. The molecule has 13 heavy (non-hydrogen) atoms. The van der Waals surface area contributed by atoms with E-state index in [1.165, 1.54) is 12.5 Å². The fraction of sp³-hybridized carbons (Fsp3) is 0. The molecule has 0 radical (unpaired) electrons. The van der Waals surface area contributed by atoms with Crippen LogP contribution in [0.3, 0.4) is 0 Å². The normalized spacial score (nSPS) is 10.5. The number of hydrogen-bond donors (Lipinski definition) is 1. The maximum absolute atomic E-state index is 10.5. The van der Waals surface area contributed by atoms with Crippen LogP contribution >= 0.6 is 11.6 Å². The number of halogens is 1. The summed E-state index contributed by atoms with van der Waals surface area (Å²) in [7, 11) is 0. The number of nitrogens with zero attached hydrogens (tertiary/aromatic N) is 3. The molecule has 0 saturated carbocycles. The molecule has 1 N–H and O–H groups in total. The molecule has 0 spiro atoms. The van der Waals surface area contributed by atoms with Crippen LogP contribution in [-0.2, 0) is 0 Å². The van der Waals surface area contributed by atoms with Gasteiger partial charge in [-0.05, 0) is 0 Å². The van der Waals surface area contributed by atoms with Crippen LogP contribution < -0.4 is 0 Å². The highest BCUT2D eigenvalue weighted by Crippen LogP contribution is 2.28. The lowest BCUT2D eigenvalue weighted by Crippen LogP contribution is -1.87. The summed E-state index contributed by atoms with van der Waals surface area (Å²) in [5.74, 6) is 0. The number of H-pyrrole nitrogens is 1. The van der Waals surface area contributed by atoms with Gasteiger partial charge in [-0.1, -0.05) is 11.6 Å². The molecule has 0 aliphatic heterocycles. The average Bonchev–Trinajstić information content (AvgIpc) is 2.49. The van der Waals surface area contributed by atoms with E-state index in [1.54, 1.807) is 0 Å². The minimum atomic E-state index is -0.534. The largest absolute Gasteiger partial charge is 0.340 e. The number of fused-ring (bicyclic) bond motifs is 1. The molecule has 66 valence electrons. The Morgan fingerprint density at radius 1 is 1.54 bits per heavy atom. The van der Waals surface area contributed by atoms with E-state index in [9.17, 15) is 10.1 Å². The molecule has 0 aliphatic carbocycles. The number of aromatic nitrogens is 3. The lowest BCUT2D eigenvalue weighted by Gasteiger charge is -1.90. The van der Waals surface area contributed by atoms with Gasteiger partial charge in [0.1, 0.15) is 22.5 Å². The first kappa shape index (κ1) is 7.93. The zero-order valence-corrected chi connectivity index (χ0v) is 6.95. The molecule has 0 bridgehead atoms. The Labute approximate surface area is 76.7 Å². The summed E-state index contributed by atoms with van der Waals surface area (Å²) in [5.41, 5.74) is 0.257. The quantitative estimate of drug-likeness (QED) is 0.428. The summed E-state index contributed by atoms with van der Waals surface area (Å²) < 4.78 is 0. The fourth-order valence-electron chi connectivity index (χ4n) is 1.05. The average molecular weight is 199 g/mol. The maximum atomic E-state index is 10.5. The Hall–Kier alpha value is -1.69. The van der Waals surface area contributed by atoms with Crippen molar-refractivity contribution in [2.24, 2.45) is 0 Å². The minimum absolute atomic E-state index is 0.0814. The molecule has 0 aromatic carbocycles. The van der Waals surface area contributed by atoms with E-state index >= 15 is 0 Å². The van der Waals surface area contributed by atoms with Crippen LogP contribution in [0.2, 0.25) is 5.15 Å². The molecule has 2 rings (SSSR count). The van der Waals surface area contributed by atoms with Crippen LogP contribution in [0, 0.1) is 10.1 Å². The van der Waals surface area contributed by atoms with E-state index in [0.717, 1.165) is 0 Å². The smallest absolute Gasteiger partial charge is 0.299 e. The second-order valence-electron chi connectivity index (χ2n) is 2.32. The molecule has 0 saturated heterocycles. The summed E-state index contributed by atoms with van der Waals surface area (Å²) in [6.45, 7) is 0. The van der Waals surface area contributed by atoms with E-state index < -0.39 is 4.92 Å². The monoisotopic (exact) mass is 198 g/mol. The van der Waals surface area contributed by atoms with Crippen LogP contribution in [0.1, 0.15) is 0 Å². The van der Waals surface area contributed by atoms with Crippen LogP contribution in [-0.4, -0.2) is 19.9 Å². The maximum Gasteiger partial charge on any atom is 0.299 e. The highest BCUT2D eigenvalue weighted by Gasteiger charge is 2.17. The van der Waals surface area contributed by atoms with Gasteiger partial charge in [0.05, 0.1) is 11.1 Å². The first-order valence-electron chi connectivity index (χ1n) is 3.32. The SMILES string of the molecule is O=[N+]([O-])c1c[nH]c2ncnc(Cl)c12. The second-order valence-corrected chi connectivity index (χ2v) is 2.68. The first-order valence-corrected chi connectivity index (χ1v) is 3.70. The zero-order valence-electron chi connectivity index (χ0n) is 6.19. The Morgan fingerprint density at radius 3 is 3.00 bits per heavy atom. The molecule has 7 heteroatoms. The van der Waals surface area contributed by atoms with Crippen molar-refractivity contribution < 1.29 is 4.92 Å². The van der Waals surface area contributed by atoms with Gasteiger partial charge in [-0.15, -0.1) is 0 Å². The van der Waals surface area contributed by atoms with Gasteiger partial charge in [-0.25, -0.2) is 9.97 Å². The van der Waals surface area contributed by atoms with Crippen molar-refractivity contribution in [2.75, 3.05) is 0 Å². The van der Waals surface area contributed by atoms with Crippen molar-refractivity contribution in [3.8, 4) is 0 Å². The van der Waals surface area contributed by atoms with Crippen molar-refractivity contribution in [1.29, 1.82) is 0 Å². The van der Waals surface area contributed by atoms with Crippen molar-refractivity contribution in [2.45, 2.75) is 0 Å². The zero-order chi connectivity index (χ0) is 9.42. The number of nitro groups is 1. The standard InChI is InChI=1S/C6H3ClN4O2/c7-5-4-3(11(12)13)1-8-6(4)10-2-9-5/h1-2H,(H,8,9,10). The predicted molar refractivity (Wildman–Crippen MR) is 45.6 cm³/mol. The van der Waals surface area contributed by atoms with Crippen molar-refractivity contribution in [3.63, 3.8) is 0 Å². The lowest BCUT2D eigenvalue weighted by atomic mass is 10.4. The molecule has 0 amide bonds. The van der Waals surface area contributed by atoms with E-state index in [-0.39, 0.29) is 16.2 Å². The molecule has 0 atom stereocenters. The second kappa shape index (κ2) is 2.67. The van der Waals surface area contributed by atoms with Gasteiger partial charge in [0.2, 0.25) is 0 Å². The molecule has 0 aliphatic rings. The molecule has 2 heterocycles. The fourth-order valence-corrected chi connectivity index (χ4v) is 1.28. The van der Waals surface area contributed by atoms with Gasteiger partial charge in [0, 0.05) is 0 Å². The summed E-state index contributed by atoms with van der Waals surface area (Å²) in [4.78, 5) is 20.0. The first-order chi connectivity index (χ1) is 6.20. The molecule has 0 unspecified atom stereocenters. The Morgan fingerprint density at radius 2 is 2.31 bits per heavy atom. The van der Waals surface area contributed by atoms with Crippen molar-refractivity contribution >= 4 is 28.3 Å². The molecular formula is C6H3ClN4O2. The van der Waals surface area contributed by atoms with E-state index in [1.807, 2.05) is 0 Å². The number of hydrogen-bond acceptors (Lipinski definition) is 4. The van der Waals surface area contributed by atoms with Gasteiger partial charge < -0.3 is 4.98 Å². The highest BCUT2D eigenvalue weighted by molar-refractivity contribution is 6.34. The van der Waals surface area contributed by atoms with Crippen LogP contribution in [0.5, 0.6) is 0 Å². The summed E-state index contributed by atoms with van der Waals surface area (Å²) in [5, 5.41) is 10.8. The number of aromatic amines is 1. The summed E-state index contributed by atoms with van der Waals surface area (Å²) >= 11 is 5.67. The Kier molecular flexibility index (Phi) is 1.63. The van der Waals surface area contributed by atoms with Crippen molar-refractivity contribution in [1.82, 2.24) is 15.0 Å². The third-order valence-corrected chi connectivity index (χ3v) is 1.89. The minimum Gasteiger partial charge on any atom is -0.340 e. The van der Waals surface area contributed by atoms with Gasteiger partial charge in [0.15, 0.2) is 0 Å². The highest BCUT2D eigenvalue weighted by atomic mass is 35.5. The molecule has 2 aromatic heterocycles. The summed E-state index contributed by atoms with van der Waals surface area (Å²) in [6, 6.07) is 0. The third-order valence-electron chi connectivity index (χ3n) is 1.60. The molecular weight excluding hydrogens is 196 g/mol. The van der Waals surface area contributed by atoms with E-state index in [0.29, 0.717) is 5.65 Å².